The molecule has 3 nitrogen and oxygen atoms in total. The number of benzene rings is 2. The topological polar surface area (TPSA) is 57.5 Å². The zero-order valence-corrected chi connectivity index (χ0v) is 11.3. The summed E-state index contributed by atoms with van der Waals surface area (Å²) in [4.78, 5) is 11.6. The number of halogens is 2. The summed E-state index contributed by atoms with van der Waals surface area (Å²) < 4.78 is 26.2. The van der Waals surface area contributed by atoms with E-state index >= 15 is 0 Å². The lowest BCUT2D eigenvalue weighted by atomic mass is 10.1. The minimum Gasteiger partial charge on any atom is -0.505 e. The van der Waals surface area contributed by atoms with Gasteiger partial charge in [0.2, 0.25) is 0 Å². The Morgan fingerprint density at radius 1 is 0.818 bits per heavy atom. The summed E-state index contributed by atoms with van der Waals surface area (Å²) in [5, 5.41) is 18.1. The average Bonchev–Trinajstić information content (AvgIpc) is 2.49. The molecule has 0 aliphatic heterocycles. The Labute approximate surface area is 125 Å². The van der Waals surface area contributed by atoms with E-state index in [0.717, 1.165) is 12.1 Å². The third kappa shape index (κ3) is 4.02. The van der Waals surface area contributed by atoms with E-state index in [1.807, 2.05) is 0 Å². The van der Waals surface area contributed by atoms with E-state index < -0.39 is 23.1 Å². The van der Waals surface area contributed by atoms with E-state index in [2.05, 4.69) is 0 Å². The second-order valence-corrected chi connectivity index (χ2v) is 4.49. The van der Waals surface area contributed by atoms with Crippen molar-refractivity contribution in [3.8, 4) is 11.5 Å². The largest absolute Gasteiger partial charge is 0.505 e. The van der Waals surface area contributed by atoms with Gasteiger partial charge in [0.15, 0.2) is 28.9 Å². The average molecular weight is 302 g/mol. The van der Waals surface area contributed by atoms with Gasteiger partial charge in [0, 0.05) is 0 Å². The number of phenolic OH excluding ortho intramolecular Hbond substituents is 2. The monoisotopic (exact) mass is 302 g/mol. The maximum absolute atomic E-state index is 13.1. The summed E-state index contributed by atoms with van der Waals surface area (Å²) in [6, 6.07) is 7.49. The van der Waals surface area contributed by atoms with Crippen LogP contribution in [0.2, 0.25) is 0 Å². The second kappa shape index (κ2) is 6.67. The van der Waals surface area contributed by atoms with Crippen LogP contribution in [0, 0.1) is 11.6 Å². The number of hydrogen-bond donors (Lipinski definition) is 2. The summed E-state index contributed by atoms with van der Waals surface area (Å²) in [6.45, 7) is 0. The molecule has 0 fully saturated rings. The number of rotatable bonds is 4. The van der Waals surface area contributed by atoms with Crippen molar-refractivity contribution in [3.63, 3.8) is 0 Å². The normalized spacial score (nSPS) is 11.4. The Balaban J connectivity index is 2.05. The van der Waals surface area contributed by atoms with Gasteiger partial charge in [-0.25, -0.2) is 8.78 Å². The molecule has 0 heterocycles. The Morgan fingerprint density at radius 2 is 1.23 bits per heavy atom. The number of aromatic hydroxyl groups is 2. The standard InChI is InChI=1S/C17H12F2O3/c18-14-9-11(3-7-16(14)21)1-5-13(20)6-2-12-4-8-17(22)15(19)10-12/h1-10,21-22H/b5-1+,6-2+. The number of ketones is 1. The molecular weight excluding hydrogens is 290 g/mol. The van der Waals surface area contributed by atoms with Crippen LogP contribution in [0.3, 0.4) is 0 Å². The van der Waals surface area contributed by atoms with Crippen LogP contribution in [0.1, 0.15) is 11.1 Å². The Kier molecular flexibility index (Phi) is 4.68. The molecule has 2 rings (SSSR count). The van der Waals surface area contributed by atoms with Crippen LogP contribution in [0.4, 0.5) is 8.78 Å². The number of allylic oxidation sites excluding steroid dienone is 2. The van der Waals surface area contributed by atoms with Gasteiger partial charge in [-0.1, -0.05) is 24.3 Å². The third-order valence-corrected chi connectivity index (χ3v) is 2.82. The predicted molar refractivity (Wildman–Crippen MR) is 79.2 cm³/mol. The summed E-state index contributed by atoms with van der Waals surface area (Å²) in [5.74, 6) is -2.84. The molecule has 0 atom stereocenters. The number of phenols is 2. The smallest absolute Gasteiger partial charge is 0.178 e. The first kappa shape index (κ1) is 15.4. The van der Waals surface area contributed by atoms with E-state index in [9.17, 15) is 13.6 Å². The van der Waals surface area contributed by atoms with Gasteiger partial charge in [0.25, 0.3) is 0 Å². The highest BCUT2D eigenvalue weighted by Gasteiger charge is 2.01. The lowest BCUT2D eigenvalue weighted by Crippen LogP contribution is -1.86. The molecule has 5 heteroatoms. The van der Waals surface area contributed by atoms with Crippen LogP contribution < -0.4 is 0 Å². The van der Waals surface area contributed by atoms with Crippen LogP contribution in [0.15, 0.2) is 48.6 Å². The van der Waals surface area contributed by atoms with Gasteiger partial charge >= 0.3 is 0 Å². The molecule has 2 N–H and O–H groups in total. The van der Waals surface area contributed by atoms with Crippen LogP contribution in [-0.2, 0) is 4.79 Å². The third-order valence-electron chi connectivity index (χ3n) is 2.82. The molecular formula is C17H12F2O3. The predicted octanol–water partition coefficient (Wildman–Crippen LogP) is 3.67. The van der Waals surface area contributed by atoms with Crippen molar-refractivity contribution >= 4 is 17.9 Å². The molecule has 0 aliphatic rings. The zero-order valence-electron chi connectivity index (χ0n) is 11.3. The van der Waals surface area contributed by atoms with Gasteiger partial charge < -0.3 is 10.2 Å². The molecule has 2 aromatic carbocycles. The highest BCUT2D eigenvalue weighted by Crippen LogP contribution is 2.18. The van der Waals surface area contributed by atoms with E-state index in [1.165, 1.54) is 48.6 Å². The maximum Gasteiger partial charge on any atom is 0.178 e. The fourth-order valence-corrected chi connectivity index (χ4v) is 1.67. The fraction of sp³-hybridized carbons (Fsp3) is 0. The van der Waals surface area contributed by atoms with Crippen molar-refractivity contribution < 1.29 is 23.8 Å². The molecule has 0 saturated heterocycles. The second-order valence-electron chi connectivity index (χ2n) is 4.49. The molecule has 0 bridgehead atoms. The van der Waals surface area contributed by atoms with Crippen molar-refractivity contribution in [2.75, 3.05) is 0 Å². The maximum atomic E-state index is 13.1. The lowest BCUT2D eigenvalue weighted by molar-refractivity contribution is -0.110. The van der Waals surface area contributed by atoms with E-state index in [-0.39, 0.29) is 5.78 Å². The van der Waals surface area contributed by atoms with Crippen LogP contribution >= 0.6 is 0 Å². The highest BCUT2D eigenvalue weighted by molar-refractivity contribution is 6.04. The highest BCUT2D eigenvalue weighted by atomic mass is 19.1. The van der Waals surface area contributed by atoms with Gasteiger partial charge in [-0.2, -0.15) is 0 Å². The van der Waals surface area contributed by atoms with E-state index in [0.29, 0.717) is 11.1 Å². The minimum absolute atomic E-state index is 0.373. The summed E-state index contributed by atoms with van der Waals surface area (Å²) in [6.07, 6.45) is 5.23. The molecule has 0 aromatic heterocycles. The SMILES string of the molecule is O=C(/C=C/c1ccc(O)c(F)c1)/C=C/c1ccc(O)c(F)c1. The van der Waals surface area contributed by atoms with Gasteiger partial charge in [-0.15, -0.1) is 0 Å². The van der Waals surface area contributed by atoms with Gasteiger partial charge in [0.05, 0.1) is 0 Å². The zero-order chi connectivity index (χ0) is 16.1. The molecule has 0 saturated carbocycles. The molecule has 0 radical (unpaired) electrons. The van der Waals surface area contributed by atoms with Crippen LogP contribution in [0.5, 0.6) is 11.5 Å². The molecule has 112 valence electrons. The molecule has 22 heavy (non-hydrogen) atoms. The first-order valence-electron chi connectivity index (χ1n) is 6.33. The Hall–Kier alpha value is -2.95. The van der Waals surface area contributed by atoms with Crippen LogP contribution in [0.25, 0.3) is 12.2 Å². The number of carbonyl (C=O) groups excluding carboxylic acids is 1. The van der Waals surface area contributed by atoms with Crippen molar-refractivity contribution in [2.24, 2.45) is 0 Å². The fourth-order valence-electron chi connectivity index (χ4n) is 1.67. The van der Waals surface area contributed by atoms with Crippen molar-refractivity contribution in [2.45, 2.75) is 0 Å². The van der Waals surface area contributed by atoms with Crippen molar-refractivity contribution in [1.29, 1.82) is 0 Å². The molecule has 0 unspecified atom stereocenters. The van der Waals surface area contributed by atoms with Gasteiger partial charge in [0.1, 0.15) is 0 Å². The summed E-state index contributed by atoms with van der Waals surface area (Å²) in [7, 11) is 0. The molecule has 0 spiro atoms. The molecule has 0 amide bonds. The van der Waals surface area contributed by atoms with Crippen molar-refractivity contribution in [1.82, 2.24) is 0 Å². The van der Waals surface area contributed by atoms with Crippen molar-refractivity contribution in [3.05, 3.63) is 71.3 Å². The van der Waals surface area contributed by atoms with Crippen LogP contribution in [-0.4, -0.2) is 16.0 Å². The Bertz CT molecular complexity index is 701. The number of carbonyl (C=O) groups is 1. The number of hydrogen-bond acceptors (Lipinski definition) is 3. The lowest BCUT2D eigenvalue weighted by Gasteiger charge is -1.97. The van der Waals surface area contributed by atoms with Gasteiger partial charge in [-0.3, -0.25) is 4.79 Å². The Morgan fingerprint density at radius 3 is 1.59 bits per heavy atom. The molecule has 0 aliphatic carbocycles. The first-order valence-corrected chi connectivity index (χ1v) is 6.33. The summed E-state index contributed by atoms with van der Waals surface area (Å²) in [5.41, 5.74) is 0.848. The van der Waals surface area contributed by atoms with E-state index in [1.54, 1.807) is 0 Å². The first-order chi connectivity index (χ1) is 10.5. The minimum atomic E-state index is -0.773. The van der Waals surface area contributed by atoms with Gasteiger partial charge in [-0.05, 0) is 47.5 Å². The summed E-state index contributed by atoms with van der Waals surface area (Å²) >= 11 is 0. The molecule has 2 aromatic rings. The van der Waals surface area contributed by atoms with E-state index in [4.69, 9.17) is 10.2 Å². The quantitative estimate of drug-likeness (QED) is 0.847.